The number of aliphatic carboxylic acids is 1. The summed E-state index contributed by atoms with van der Waals surface area (Å²) < 4.78 is 33.0. The molecule has 0 amide bonds. The Labute approximate surface area is 184 Å². The number of aryl methyl sites for hydroxylation is 1. The molecule has 0 bridgehead atoms. The zero-order valence-corrected chi connectivity index (χ0v) is 18.2. The molecule has 0 saturated heterocycles. The standard InChI is InChI=1S/C24H25F2N3O3/c1-13-16(5-4-6-19(13)23-14(2)28-29(15(23)3)24(25)26)11-27-18-7-8-20-17(9-22(30)31)12-32-21(20)10-18/h4-8,10,17,24,27H,9,11-12H2,1-3H3,(H,30,31). The summed E-state index contributed by atoms with van der Waals surface area (Å²) in [6, 6.07) is 11.6. The zero-order valence-electron chi connectivity index (χ0n) is 18.2. The summed E-state index contributed by atoms with van der Waals surface area (Å²) in [6.45, 7) is 3.62. The Morgan fingerprint density at radius 2 is 2.06 bits per heavy atom. The highest BCUT2D eigenvalue weighted by Gasteiger charge is 2.26. The Balaban J connectivity index is 1.55. The van der Waals surface area contributed by atoms with Gasteiger partial charge in [-0.25, -0.2) is 4.68 Å². The number of rotatable bonds is 7. The van der Waals surface area contributed by atoms with Crippen molar-refractivity contribution in [3.63, 3.8) is 0 Å². The van der Waals surface area contributed by atoms with E-state index >= 15 is 0 Å². The van der Waals surface area contributed by atoms with Gasteiger partial charge < -0.3 is 15.2 Å². The van der Waals surface area contributed by atoms with Crippen LogP contribution in [0.4, 0.5) is 14.5 Å². The van der Waals surface area contributed by atoms with Crippen LogP contribution in [-0.4, -0.2) is 27.5 Å². The van der Waals surface area contributed by atoms with Crippen LogP contribution in [0.1, 0.15) is 47.0 Å². The van der Waals surface area contributed by atoms with Crippen LogP contribution in [-0.2, 0) is 11.3 Å². The topological polar surface area (TPSA) is 76.4 Å². The van der Waals surface area contributed by atoms with Gasteiger partial charge in [-0.05, 0) is 43.5 Å². The molecule has 0 spiro atoms. The lowest BCUT2D eigenvalue weighted by molar-refractivity contribution is -0.137. The van der Waals surface area contributed by atoms with E-state index in [1.165, 1.54) is 0 Å². The zero-order chi connectivity index (χ0) is 23.0. The van der Waals surface area contributed by atoms with Crippen LogP contribution in [0.2, 0.25) is 0 Å². The maximum Gasteiger partial charge on any atom is 0.333 e. The minimum Gasteiger partial charge on any atom is -0.493 e. The maximum atomic E-state index is 13.3. The fraction of sp³-hybridized carbons (Fsp3) is 0.333. The SMILES string of the molecule is Cc1nn(C(F)F)c(C)c1-c1cccc(CNc2ccc3c(c2)OCC3CC(=O)O)c1C. The van der Waals surface area contributed by atoms with E-state index in [1.807, 2.05) is 43.3 Å². The first-order valence-corrected chi connectivity index (χ1v) is 10.4. The second kappa shape index (κ2) is 8.61. The fourth-order valence-electron chi connectivity index (χ4n) is 4.35. The summed E-state index contributed by atoms with van der Waals surface area (Å²) in [6.07, 6.45) is 0.0484. The molecule has 1 aliphatic rings. The van der Waals surface area contributed by atoms with E-state index < -0.39 is 12.5 Å². The molecule has 1 unspecified atom stereocenters. The Bertz CT molecular complexity index is 1170. The van der Waals surface area contributed by atoms with E-state index in [0.717, 1.165) is 38.2 Å². The summed E-state index contributed by atoms with van der Waals surface area (Å²) in [5, 5.41) is 16.4. The predicted molar refractivity (Wildman–Crippen MR) is 117 cm³/mol. The van der Waals surface area contributed by atoms with Gasteiger partial charge in [-0.2, -0.15) is 13.9 Å². The number of nitrogens with one attached hydrogen (secondary N) is 1. The van der Waals surface area contributed by atoms with Crippen molar-refractivity contribution in [1.82, 2.24) is 9.78 Å². The molecule has 1 aliphatic heterocycles. The quantitative estimate of drug-likeness (QED) is 0.511. The van der Waals surface area contributed by atoms with E-state index in [4.69, 9.17) is 9.84 Å². The molecule has 168 valence electrons. The van der Waals surface area contributed by atoms with Gasteiger partial charge in [0.25, 0.3) is 0 Å². The summed E-state index contributed by atoms with van der Waals surface area (Å²) in [7, 11) is 0. The molecule has 0 aliphatic carbocycles. The second-order valence-electron chi connectivity index (χ2n) is 8.07. The first kappa shape index (κ1) is 21.8. The first-order chi connectivity index (χ1) is 15.3. The van der Waals surface area contributed by atoms with Crippen molar-refractivity contribution in [3.8, 4) is 16.9 Å². The molecule has 1 atom stereocenters. The fourth-order valence-corrected chi connectivity index (χ4v) is 4.35. The number of nitrogens with zero attached hydrogens (tertiary/aromatic N) is 2. The van der Waals surface area contributed by atoms with E-state index in [1.54, 1.807) is 13.8 Å². The second-order valence-corrected chi connectivity index (χ2v) is 8.07. The maximum absolute atomic E-state index is 13.3. The van der Waals surface area contributed by atoms with Crippen LogP contribution in [0.5, 0.6) is 5.75 Å². The van der Waals surface area contributed by atoms with Crippen LogP contribution in [0.15, 0.2) is 36.4 Å². The average Bonchev–Trinajstić information content (AvgIpc) is 3.27. The van der Waals surface area contributed by atoms with E-state index in [0.29, 0.717) is 30.3 Å². The van der Waals surface area contributed by atoms with Crippen LogP contribution in [0.3, 0.4) is 0 Å². The Morgan fingerprint density at radius 3 is 2.75 bits per heavy atom. The number of fused-ring (bicyclic) bond motifs is 1. The van der Waals surface area contributed by atoms with Crippen LogP contribution >= 0.6 is 0 Å². The van der Waals surface area contributed by atoms with Gasteiger partial charge in [0, 0.05) is 41.0 Å². The number of carboxylic acid groups (broad SMARTS) is 1. The van der Waals surface area contributed by atoms with Crippen LogP contribution in [0.25, 0.3) is 11.1 Å². The molecule has 2 heterocycles. The normalized spacial score (nSPS) is 15.0. The Morgan fingerprint density at radius 1 is 1.28 bits per heavy atom. The van der Waals surface area contributed by atoms with E-state index in [2.05, 4.69) is 10.4 Å². The summed E-state index contributed by atoms with van der Waals surface area (Å²) in [4.78, 5) is 11.0. The molecule has 6 nitrogen and oxygen atoms in total. The number of alkyl halides is 2. The van der Waals surface area contributed by atoms with E-state index in [-0.39, 0.29) is 12.3 Å². The number of hydrogen-bond acceptors (Lipinski definition) is 4. The first-order valence-electron chi connectivity index (χ1n) is 10.4. The van der Waals surface area contributed by atoms with Crippen molar-refractivity contribution in [3.05, 3.63) is 64.5 Å². The molecule has 2 aromatic carbocycles. The Kier molecular flexibility index (Phi) is 5.86. The molecule has 32 heavy (non-hydrogen) atoms. The van der Waals surface area contributed by atoms with Gasteiger partial charge >= 0.3 is 12.5 Å². The third kappa shape index (κ3) is 4.04. The third-order valence-electron chi connectivity index (χ3n) is 6.02. The van der Waals surface area contributed by atoms with Crippen molar-refractivity contribution in [2.24, 2.45) is 0 Å². The van der Waals surface area contributed by atoms with Crippen molar-refractivity contribution in [1.29, 1.82) is 0 Å². The molecule has 0 fully saturated rings. The lowest BCUT2D eigenvalue weighted by Crippen LogP contribution is -2.07. The van der Waals surface area contributed by atoms with Crippen molar-refractivity contribution in [2.75, 3.05) is 11.9 Å². The van der Waals surface area contributed by atoms with Crippen LogP contribution < -0.4 is 10.1 Å². The van der Waals surface area contributed by atoms with Gasteiger partial charge in [0.15, 0.2) is 0 Å². The highest BCUT2D eigenvalue weighted by molar-refractivity contribution is 5.73. The highest BCUT2D eigenvalue weighted by atomic mass is 19.3. The summed E-state index contributed by atoms with van der Waals surface area (Å²) in [5.41, 5.74) is 6.45. The summed E-state index contributed by atoms with van der Waals surface area (Å²) >= 11 is 0. The molecule has 8 heteroatoms. The molecule has 1 aromatic heterocycles. The van der Waals surface area contributed by atoms with Gasteiger partial charge in [-0.15, -0.1) is 0 Å². The highest BCUT2D eigenvalue weighted by Crippen LogP contribution is 2.38. The number of carbonyl (C=O) groups is 1. The van der Waals surface area contributed by atoms with Gasteiger partial charge in [-0.3, -0.25) is 4.79 Å². The molecule has 4 rings (SSSR count). The number of halogens is 2. The van der Waals surface area contributed by atoms with Crippen LogP contribution in [0, 0.1) is 20.8 Å². The number of benzene rings is 2. The summed E-state index contributed by atoms with van der Waals surface area (Å²) in [5.74, 6) is -0.262. The molecule has 3 aromatic rings. The molecule has 0 saturated carbocycles. The van der Waals surface area contributed by atoms with Crippen molar-refractivity contribution in [2.45, 2.75) is 46.2 Å². The monoisotopic (exact) mass is 441 g/mol. The van der Waals surface area contributed by atoms with Gasteiger partial charge in [0.05, 0.1) is 18.7 Å². The minimum atomic E-state index is -2.68. The molecular formula is C24H25F2N3O3. The number of ether oxygens (including phenoxy) is 1. The van der Waals surface area contributed by atoms with Crippen molar-refractivity contribution < 1.29 is 23.4 Å². The average molecular weight is 441 g/mol. The Hall–Kier alpha value is -3.42. The van der Waals surface area contributed by atoms with Gasteiger partial charge in [0.2, 0.25) is 0 Å². The van der Waals surface area contributed by atoms with Gasteiger partial charge in [-0.1, -0.05) is 24.3 Å². The molecular weight excluding hydrogens is 416 g/mol. The molecule has 0 radical (unpaired) electrons. The van der Waals surface area contributed by atoms with E-state index in [9.17, 15) is 13.6 Å². The number of hydrogen-bond donors (Lipinski definition) is 2. The van der Waals surface area contributed by atoms with Crippen molar-refractivity contribution >= 4 is 11.7 Å². The lowest BCUT2D eigenvalue weighted by atomic mass is 9.95. The third-order valence-corrected chi connectivity index (χ3v) is 6.02. The molecule has 2 N–H and O–H groups in total. The minimum absolute atomic E-state index is 0.0484. The number of aromatic nitrogens is 2. The smallest absolute Gasteiger partial charge is 0.333 e. The largest absolute Gasteiger partial charge is 0.493 e. The van der Waals surface area contributed by atoms with Gasteiger partial charge in [0.1, 0.15) is 5.75 Å². The lowest BCUT2D eigenvalue weighted by Gasteiger charge is -2.14. The number of carboxylic acids is 1. The predicted octanol–water partition coefficient (Wildman–Crippen LogP) is 5.43. The number of anilines is 1.